The van der Waals surface area contributed by atoms with Crippen LogP contribution in [0.1, 0.15) is 25.7 Å². The molecule has 0 rings (SSSR count). The van der Waals surface area contributed by atoms with Crippen LogP contribution in [0.5, 0.6) is 0 Å². The molecule has 0 saturated carbocycles. The number of alkyl halides is 3. The second-order valence-electron chi connectivity index (χ2n) is 3.91. The van der Waals surface area contributed by atoms with Gasteiger partial charge in [-0.3, -0.25) is 4.79 Å². The van der Waals surface area contributed by atoms with E-state index in [9.17, 15) is 22.8 Å². The number of urea groups is 1. The summed E-state index contributed by atoms with van der Waals surface area (Å²) in [6, 6.07) is -0.787. The Morgan fingerprint density at radius 2 is 1.83 bits per heavy atom. The Hall–Kier alpha value is -1.47. The van der Waals surface area contributed by atoms with Crippen molar-refractivity contribution in [2.24, 2.45) is 0 Å². The number of hydrogen-bond acceptors (Lipinski definition) is 2. The monoisotopic (exact) mass is 270 g/mol. The van der Waals surface area contributed by atoms with E-state index in [0.29, 0.717) is 24.2 Å². The highest BCUT2D eigenvalue weighted by molar-refractivity contribution is 5.73. The number of aliphatic carboxylic acids is 1. The van der Waals surface area contributed by atoms with E-state index in [-0.39, 0.29) is 13.0 Å². The first-order chi connectivity index (χ1) is 8.22. The van der Waals surface area contributed by atoms with Gasteiger partial charge >= 0.3 is 18.2 Å². The first kappa shape index (κ1) is 16.5. The number of hydrogen-bond donors (Lipinski definition) is 2. The SMILES string of the molecule is CN(CC(F)(F)F)C(=O)NCCCCCC(=O)O. The average Bonchev–Trinajstić information content (AvgIpc) is 2.19. The lowest BCUT2D eigenvalue weighted by Gasteiger charge is -2.19. The summed E-state index contributed by atoms with van der Waals surface area (Å²) in [6.45, 7) is -1.06. The molecule has 0 unspecified atom stereocenters. The maximum atomic E-state index is 12.0. The summed E-state index contributed by atoms with van der Waals surface area (Å²) < 4.78 is 35.9. The molecule has 2 N–H and O–H groups in total. The van der Waals surface area contributed by atoms with Crippen molar-refractivity contribution in [3.8, 4) is 0 Å². The van der Waals surface area contributed by atoms with Gasteiger partial charge in [-0.05, 0) is 12.8 Å². The minimum atomic E-state index is -4.41. The molecule has 5 nitrogen and oxygen atoms in total. The van der Waals surface area contributed by atoms with Crippen LogP contribution in [-0.4, -0.2) is 48.3 Å². The molecule has 0 aromatic carbocycles. The number of nitrogens with zero attached hydrogens (tertiary/aromatic N) is 1. The molecule has 0 aliphatic carbocycles. The number of carbonyl (C=O) groups is 2. The van der Waals surface area contributed by atoms with Crippen LogP contribution in [0.4, 0.5) is 18.0 Å². The third-order valence-electron chi connectivity index (χ3n) is 2.11. The Bertz CT molecular complexity index is 282. The van der Waals surface area contributed by atoms with E-state index in [1.807, 2.05) is 0 Å². The summed E-state index contributed by atoms with van der Waals surface area (Å²) in [6.07, 6.45) is -2.71. The predicted octanol–water partition coefficient (Wildman–Crippen LogP) is 1.84. The Morgan fingerprint density at radius 3 is 2.33 bits per heavy atom. The van der Waals surface area contributed by atoms with Gasteiger partial charge in [0.1, 0.15) is 6.54 Å². The lowest BCUT2D eigenvalue weighted by Crippen LogP contribution is -2.42. The maximum absolute atomic E-state index is 12.0. The second-order valence-corrected chi connectivity index (χ2v) is 3.91. The molecule has 0 spiro atoms. The van der Waals surface area contributed by atoms with Crippen molar-refractivity contribution in [2.45, 2.75) is 31.9 Å². The smallest absolute Gasteiger partial charge is 0.406 e. The van der Waals surface area contributed by atoms with Gasteiger partial charge in [-0.1, -0.05) is 6.42 Å². The molecule has 0 aliphatic heterocycles. The first-order valence-corrected chi connectivity index (χ1v) is 5.50. The Kier molecular flexibility index (Phi) is 7.14. The largest absolute Gasteiger partial charge is 0.481 e. The lowest BCUT2D eigenvalue weighted by atomic mass is 10.2. The summed E-state index contributed by atoms with van der Waals surface area (Å²) in [4.78, 5) is 21.9. The number of carbonyl (C=O) groups excluding carboxylic acids is 1. The minimum Gasteiger partial charge on any atom is -0.481 e. The Labute approximate surface area is 103 Å². The summed E-state index contributed by atoms with van der Waals surface area (Å²) in [5.74, 6) is -0.885. The van der Waals surface area contributed by atoms with Crippen molar-refractivity contribution in [1.29, 1.82) is 0 Å². The van der Waals surface area contributed by atoms with E-state index in [4.69, 9.17) is 5.11 Å². The number of unbranched alkanes of at least 4 members (excludes halogenated alkanes) is 2. The van der Waals surface area contributed by atoms with Crippen LogP contribution in [0.15, 0.2) is 0 Å². The summed E-state index contributed by atoms with van der Waals surface area (Å²) >= 11 is 0. The highest BCUT2D eigenvalue weighted by Crippen LogP contribution is 2.15. The number of nitrogens with one attached hydrogen (secondary N) is 1. The van der Waals surface area contributed by atoms with Gasteiger partial charge in [0.25, 0.3) is 0 Å². The van der Waals surface area contributed by atoms with E-state index in [2.05, 4.69) is 5.32 Å². The highest BCUT2D eigenvalue weighted by Gasteiger charge is 2.30. The van der Waals surface area contributed by atoms with E-state index >= 15 is 0 Å². The molecule has 0 heterocycles. The number of rotatable bonds is 7. The van der Waals surface area contributed by atoms with Crippen molar-refractivity contribution in [2.75, 3.05) is 20.1 Å². The molecule has 0 aliphatic rings. The molecule has 0 radical (unpaired) electrons. The highest BCUT2D eigenvalue weighted by atomic mass is 19.4. The second kappa shape index (κ2) is 7.78. The molecule has 0 aromatic rings. The van der Waals surface area contributed by atoms with Crippen molar-refractivity contribution < 1.29 is 27.9 Å². The molecule has 0 atom stereocenters. The van der Waals surface area contributed by atoms with Crippen LogP contribution >= 0.6 is 0 Å². The van der Waals surface area contributed by atoms with Gasteiger partial charge in [0.15, 0.2) is 0 Å². The van der Waals surface area contributed by atoms with Gasteiger partial charge in [0.2, 0.25) is 0 Å². The molecule has 0 aromatic heterocycles. The molecule has 0 fully saturated rings. The number of carboxylic acid groups (broad SMARTS) is 1. The fourth-order valence-corrected chi connectivity index (χ4v) is 1.25. The van der Waals surface area contributed by atoms with Crippen molar-refractivity contribution in [1.82, 2.24) is 10.2 Å². The summed E-state index contributed by atoms with van der Waals surface area (Å²) in [5, 5.41) is 10.7. The van der Waals surface area contributed by atoms with E-state index in [1.54, 1.807) is 0 Å². The van der Waals surface area contributed by atoms with Crippen LogP contribution in [0.25, 0.3) is 0 Å². The van der Waals surface area contributed by atoms with Crippen molar-refractivity contribution in [3.05, 3.63) is 0 Å². The molecule has 8 heteroatoms. The molecule has 0 saturated heterocycles. The fourth-order valence-electron chi connectivity index (χ4n) is 1.25. The molecule has 2 amide bonds. The fraction of sp³-hybridized carbons (Fsp3) is 0.800. The van der Waals surface area contributed by atoms with Crippen LogP contribution in [0.2, 0.25) is 0 Å². The first-order valence-electron chi connectivity index (χ1n) is 5.50. The molecule has 0 bridgehead atoms. The zero-order valence-electron chi connectivity index (χ0n) is 10.1. The molecule has 106 valence electrons. The zero-order chi connectivity index (χ0) is 14.2. The quantitative estimate of drug-likeness (QED) is 0.693. The van der Waals surface area contributed by atoms with E-state index in [0.717, 1.165) is 7.05 Å². The van der Waals surface area contributed by atoms with Crippen molar-refractivity contribution >= 4 is 12.0 Å². The summed E-state index contributed by atoms with van der Waals surface area (Å²) in [7, 11) is 1.06. The Balaban J connectivity index is 3.61. The Morgan fingerprint density at radius 1 is 1.22 bits per heavy atom. The molecule has 18 heavy (non-hydrogen) atoms. The molecular formula is C10H17F3N2O3. The van der Waals surface area contributed by atoms with E-state index < -0.39 is 24.7 Å². The average molecular weight is 270 g/mol. The van der Waals surface area contributed by atoms with Crippen LogP contribution in [0.3, 0.4) is 0 Å². The maximum Gasteiger partial charge on any atom is 0.406 e. The van der Waals surface area contributed by atoms with Gasteiger partial charge in [0, 0.05) is 20.0 Å². The van der Waals surface area contributed by atoms with Gasteiger partial charge in [-0.15, -0.1) is 0 Å². The number of amides is 2. The predicted molar refractivity (Wildman–Crippen MR) is 58.2 cm³/mol. The number of carboxylic acids is 1. The van der Waals surface area contributed by atoms with Gasteiger partial charge < -0.3 is 15.3 Å². The normalized spacial score (nSPS) is 11.1. The minimum absolute atomic E-state index is 0.0575. The topological polar surface area (TPSA) is 69.6 Å². The van der Waals surface area contributed by atoms with Crippen LogP contribution < -0.4 is 5.32 Å². The van der Waals surface area contributed by atoms with Gasteiger partial charge in [0.05, 0.1) is 0 Å². The summed E-state index contributed by atoms with van der Waals surface area (Å²) in [5.41, 5.74) is 0. The van der Waals surface area contributed by atoms with Crippen LogP contribution in [-0.2, 0) is 4.79 Å². The molecular weight excluding hydrogens is 253 g/mol. The van der Waals surface area contributed by atoms with Gasteiger partial charge in [-0.25, -0.2) is 4.79 Å². The number of halogens is 3. The van der Waals surface area contributed by atoms with Crippen LogP contribution in [0, 0.1) is 0 Å². The third-order valence-corrected chi connectivity index (χ3v) is 2.11. The van der Waals surface area contributed by atoms with E-state index in [1.165, 1.54) is 0 Å². The standard InChI is InChI=1S/C10H17F3N2O3/c1-15(7-10(11,12)13)9(18)14-6-4-2-3-5-8(16)17/h2-7H2,1H3,(H,14,18)(H,16,17). The zero-order valence-corrected chi connectivity index (χ0v) is 10.1. The van der Waals surface area contributed by atoms with Gasteiger partial charge in [-0.2, -0.15) is 13.2 Å². The van der Waals surface area contributed by atoms with Crippen molar-refractivity contribution in [3.63, 3.8) is 0 Å². The lowest BCUT2D eigenvalue weighted by molar-refractivity contribution is -0.138. The third kappa shape index (κ3) is 9.73.